The van der Waals surface area contributed by atoms with Crippen LogP contribution in [0.3, 0.4) is 0 Å². The molecule has 1 N–H and O–H groups in total. The molecule has 2 heterocycles. The molecule has 0 saturated heterocycles. The van der Waals surface area contributed by atoms with Crippen molar-refractivity contribution in [3.63, 3.8) is 0 Å². The summed E-state index contributed by atoms with van der Waals surface area (Å²) >= 11 is 0. The number of hydrogen-bond acceptors (Lipinski definition) is 6. The van der Waals surface area contributed by atoms with Crippen molar-refractivity contribution in [3.05, 3.63) is 65.0 Å². The van der Waals surface area contributed by atoms with E-state index >= 15 is 0 Å². The first kappa shape index (κ1) is 27.3. The van der Waals surface area contributed by atoms with Crippen LogP contribution in [0.2, 0.25) is 0 Å². The van der Waals surface area contributed by atoms with E-state index in [-0.39, 0.29) is 47.0 Å². The van der Waals surface area contributed by atoms with Crippen molar-refractivity contribution < 1.29 is 22.3 Å². The summed E-state index contributed by atoms with van der Waals surface area (Å²) in [5.74, 6) is 0.0783. The maximum atomic E-state index is 14.3. The van der Waals surface area contributed by atoms with Crippen LogP contribution < -0.4 is 9.46 Å². The Kier molecular flexibility index (Phi) is 6.00. The highest BCUT2D eigenvalue weighted by Gasteiger charge is 2.66. The SMILES string of the molecule is Cc1cc(F)cc(C)c1-c1cc2nc(n1)NS(=O)(=O)c1cccc(c1)C(=O)N(C1CC3(CC3)C1)C1(CO2)CC1C(C)C. The molecule has 3 aliphatic carbocycles. The van der Waals surface area contributed by atoms with E-state index in [4.69, 9.17) is 4.74 Å². The molecule has 0 radical (unpaired) electrons. The van der Waals surface area contributed by atoms with Crippen LogP contribution in [-0.4, -0.2) is 47.4 Å². The maximum Gasteiger partial charge on any atom is 0.264 e. The molecular formula is C32H35FN4O4S. The van der Waals surface area contributed by atoms with Gasteiger partial charge < -0.3 is 9.64 Å². The second kappa shape index (κ2) is 9.23. The van der Waals surface area contributed by atoms with Crippen molar-refractivity contribution in [1.82, 2.24) is 14.9 Å². The molecule has 3 saturated carbocycles. The number of carbonyl (C=O) groups is 1. The summed E-state index contributed by atoms with van der Waals surface area (Å²) in [6, 6.07) is 10.8. The molecule has 42 heavy (non-hydrogen) atoms. The Morgan fingerprint density at radius 3 is 2.40 bits per heavy atom. The van der Waals surface area contributed by atoms with Crippen molar-refractivity contribution >= 4 is 21.9 Å². The molecule has 2 aromatic carbocycles. The van der Waals surface area contributed by atoms with Gasteiger partial charge in [0.25, 0.3) is 15.9 Å². The second-order valence-corrected chi connectivity index (χ2v) is 14.8. The van der Waals surface area contributed by atoms with E-state index < -0.39 is 15.6 Å². The Morgan fingerprint density at radius 2 is 1.76 bits per heavy atom. The monoisotopic (exact) mass is 590 g/mol. The molecule has 10 heteroatoms. The third-order valence-electron chi connectivity index (χ3n) is 9.81. The third kappa shape index (κ3) is 4.46. The van der Waals surface area contributed by atoms with Gasteiger partial charge in [0.05, 0.1) is 16.1 Å². The fraction of sp³-hybridized carbons (Fsp3) is 0.469. The average molecular weight is 591 g/mol. The van der Waals surface area contributed by atoms with Crippen molar-refractivity contribution in [3.8, 4) is 17.1 Å². The first-order valence-corrected chi connectivity index (χ1v) is 16.1. The fourth-order valence-corrected chi connectivity index (χ4v) is 8.42. The predicted octanol–water partition coefficient (Wildman–Crippen LogP) is 5.89. The second-order valence-electron chi connectivity index (χ2n) is 13.1. The van der Waals surface area contributed by atoms with E-state index in [9.17, 15) is 17.6 Å². The number of benzene rings is 2. The predicted molar refractivity (Wildman–Crippen MR) is 156 cm³/mol. The van der Waals surface area contributed by atoms with Crippen LogP contribution in [0.4, 0.5) is 10.3 Å². The zero-order valence-electron chi connectivity index (χ0n) is 24.3. The van der Waals surface area contributed by atoms with Gasteiger partial charge in [0.1, 0.15) is 12.4 Å². The van der Waals surface area contributed by atoms with Crippen LogP contribution >= 0.6 is 0 Å². The Morgan fingerprint density at radius 1 is 1.05 bits per heavy atom. The minimum Gasteiger partial charge on any atom is -0.475 e. The van der Waals surface area contributed by atoms with Crippen LogP contribution in [0.15, 0.2) is 47.4 Å². The zero-order chi connectivity index (χ0) is 29.6. The standard InChI is InChI=1S/C32H35FN4O4S/c1-18(2)25-16-32(25)17-41-27-13-26(28-19(3)10-22(33)11-20(28)4)34-30(35-27)36-42(39,40)24-7-5-6-21(12-24)29(38)37(32)23-14-31(15-23)8-9-31/h5-7,10-13,18,23,25H,8-9,14-17H2,1-4H3,(H,34,35,36). The lowest BCUT2D eigenvalue weighted by molar-refractivity contribution is -0.000468. The number of rotatable bonds is 3. The van der Waals surface area contributed by atoms with Crippen LogP contribution in [0.5, 0.6) is 5.88 Å². The highest BCUT2D eigenvalue weighted by Crippen LogP contribution is 2.65. The lowest BCUT2D eigenvalue weighted by Crippen LogP contribution is -2.57. The van der Waals surface area contributed by atoms with Gasteiger partial charge >= 0.3 is 0 Å². The summed E-state index contributed by atoms with van der Waals surface area (Å²) < 4.78 is 50.2. The fourth-order valence-electron chi connectivity index (χ4n) is 7.43. The molecule has 1 amide bonds. The van der Waals surface area contributed by atoms with Gasteiger partial charge in [0, 0.05) is 23.2 Å². The van der Waals surface area contributed by atoms with Crippen LogP contribution in [0.1, 0.15) is 67.4 Å². The Balaban J connectivity index is 1.38. The average Bonchev–Trinajstić information content (AvgIpc) is 3.82. The Labute approximate surface area is 245 Å². The first-order valence-electron chi connectivity index (χ1n) is 14.7. The van der Waals surface area contributed by atoms with Gasteiger partial charge in [-0.1, -0.05) is 19.9 Å². The summed E-state index contributed by atoms with van der Waals surface area (Å²) in [5.41, 5.74) is 2.59. The van der Waals surface area contributed by atoms with Gasteiger partial charge in [-0.2, -0.15) is 4.98 Å². The maximum absolute atomic E-state index is 14.3. The van der Waals surface area contributed by atoms with E-state index in [0.717, 1.165) is 19.3 Å². The number of fused-ring (bicyclic) bond motifs is 4. The molecule has 7 rings (SSSR count). The molecule has 2 unspecified atom stereocenters. The summed E-state index contributed by atoms with van der Waals surface area (Å²) in [4.78, 5) is 25.3. The third-order valence-corrected chi connectivity index (χ3v) is 11.1. The molecule has 2 spiro atoms. The first-order chi connectivity index (χ1) is 19.9. The molecule has 1 aliphatic heterocycles. The number of aromatic nitrogens is 2. The van der Waals surface area contributed by atoms with E-state index in [2.05, 4.69) is 28.5 Å². The lowest BCUT2D eigenvalue weighted by Gasteiger charge is -2.48. The number of aryl methyl sites for hydroxylation is 2. The smallest absolute Gasteiger partial charge is 0.264 e. The molecule has 4 aliphatic rings. The van der Waals surface area contributed by atoms with Crippen molar-refractivity contribution in [2.75, 3.05) is 11.3 Å². The largest absolute Gasteiger partial charge is 0.475 e. The summed E-state index contributed by atoms with van der Waals surface area (Å²) in [6.45, 7) is 8.14. The molecule has 8 nitrogen and oxygen atoms in total. The van der Waals surface area contributed by atoms with Gasteiger partial charge in [-0.15, -0.1) is 0 Å². The van der Waals surface area contributed by atoms with Gasteiger partial charge in [-0.3, -0.25) is 4.79 Å². The number of nitrogens with one attached hydrogen (secondary N) is 1. The van der Waals surface area contributed by atoms with Crippen molar-refractivity contribution in [2.45, 2.75) is 76.3 Å². The summed E-state index contributed by atoms with van der Waals surface area (Å²) in [7, 11) is -4.14. The molecule has 3 fully saturated rings. The van der Waals surface area contributed by atoms with Crippen LogP contribution in [0, 0.1) is 36.9 Å². The Bertz CT molecular complexity index is 1710. The molecule has 2 atom stereocenters. The van der Waals surface area contributed by atoms with Gasteiger partial charge in [-0.05, 0) is 105 Å². The summed E-state index contributed by atoms with van der Waals surface area (Å²) in [5, 5.41) is 0. The highest BCUT2D eigenvalue weighted by atomic mass is 32.2. The molecular weight excluding hydrogens is 555 g/mol. The van der Waals surface area contributed by atoms with Crippen molar-refractivity contribution in [2.24, 2.45) is 17.3 Å². The van der Waals surface area contributed by atoms with Crippen molar-refractivity contribution in [1.29, 1.82) is 0 Å². The number of amides is 1. The quantitative estimate of drug-likeness (QED) is 0.408. The lowest BCUT2D eigenvalue weighted by atomic mass is 9.75. The normalized spacial score (nSPS) is 25.6. The molecule has 4 bridgehead atoms. The number of anilines is 1. The van der Waals surface area contributed by atoms with Crippen LogP contribution in [0.25, 0.3) is 11.3 Å². The number of carbonyl (C=O) groups excluding carboxylic acids is 1. The topological polar surface area (TPSA) is 101 Å². The minimum absolute atomic E-state index is 0.0457. The zero-order valence-corrected chi connectivity index (χ0v) is 25.1. The summed E-state index contributed by atoms with van der Waals surface area (Å²) in [6.07, 6.45) is 5.15. The number of hydrogen-bond donors (Lipinski definition) is 1. The number of nitrogens with zero attached hydrogens (tertiary/aromatic N) is 3. The Hall–Kier alpha value is -3.53. The van der Waals surface area contributed by atoms with E-state index in [1.54, 1.807) is 32.0 Å². The molecule has 220 valence electrons. The van der Waals surface area contributed by atoms with E-state index in [1.165, 1.54) is 37.1 Å². The van der Waals surface area contributed by atoms with Gasteiger partial charge in [-0.25, -0.2) is 22.5 Å². The molecule has 3 aromatic rings. The molecule has 1 aromatic heterocycles. The minimum atomic E-state index is -4.14. The van der Waals surface area contributed by atoms with Gasteiger partial charge in [0.2, 0.25) is 11.8 Å². The van der Waals surface area contributed by atoms with E-state index in [1.807, 2.05) is 4.90 Å². The number of ether oxygens (including phenoxy) is 1. The van der Waals surface area contributed by atoms with Gasteiger partial charge in [0.15, 0.2) is 0 Å². The number of halogens is 1. The number of sulfonamides is 1. The highest BCUT2D eigenvalue weighted by molar-refractivity contribution is 7.92. The van der Waals surface area contributed by atoms with E-state index in [0.29, 0.717) is 39.3 Å². The van der Waals surface area contributed by atoms with Crippen LogP contribution in [-0.2, 0) is 10.0 Å².